The summed E-state index contributed by atoms with van der Waals surface area (Å²) in [4.78, 5) is 69.6. The van der Waals surface area contributed by atoms with Crippen molar-refractivity contribution in [3.8, 4) is 5.75 Å². The molecule has 0 aliphatic carbocycles. The molecule has 0 radical (unpaired) electrons. The number of esters is 1. The average Bonchev–Trinajstić information content (AvgIpc) is 2.84. The predicted octanol–water partition coefficient (Wildman–Crippen LogP) is -2.31. The molecular formula is C21H25N5O8. The lowest BCUT2D eigenvalue weighted by Crippen LogP contribution is -2.46. The zero-order valence-electron chi connectivity index (χ0n) is 18.4. The highest BCUT2D eigenvalue weighted by atomic mass is 16.5. The molecule has 2 rings (SSSR count). The fourth-order valence-corrected chi connectivity index (χ4v) is 2.49. The standard InChI is InChI=1S/C21H25N5O8/c1-2-33-17(30)11-24-15(28)9-22-14(27)8-23-16(29)10-25-26-18-19(31)20(32)21(18)34-12-13-6-4-3-5-7-13/h3-7,25-26H,2,8-12H2,1H3,(H,22,27)(H,23,29)(H,24,28). The Bertz CT molecular complexity index is 1080. The minimum atomic E-state index is -0.781. The summed E-state index contributed by atoms with van der Waals surface area (Å²) >= 11 is 0. The van der Waals surface area contributed by atoms with E-state index in [4.69, 9.17) is 4.74 Å². The van der Waals surface area contributed by atoms with Crippen LogP contribution in [0, 0.1) is 0 Å². The third kappa shape index (κ3) is 8.35. The quantitative estimate of drug-likeness (QED) is 0.113. The van der Waals surface area contributed by atoms with E-state index in [0.29, 0.717) is 0 Å². The topological polar surface area (TPSA) is 181 Å². The number of anilines is 1. The lowest BCUT2D eigenvalue weighted by Gasteiger charge is -2.14. The third-order valence-electron chi connectivity index (χ3n) is 4.18. The summed E-state index contributed by atoms with van der Waals surface area (Å²) in [7, 11) is 0. The van der Waals surface area contributed by atoms with Gasteiger partial charge in [-0.2, -0.15) is 0 Å². The Morgan fingerprint density at radius 2 is 1.38 bits per heavy atom. The summed E-state index contributed by atoms with van der Waals surface area (Å²) in [5.74, 6) is -2.57. The zero-order valence-corrected chi connectivity index (χ0v) is 18.4. The third-order valence-corrected chi connectivity index (χ3v) is 4.18. The Morgan fingerprint density at radius 3 is 2.00 bits per heavy atom. The predicted molar refractivity (Wildman–Crippen MR) is 119 cm³/mol. The van der Waals surface area contributed by atoms with Crippen molar-refractivity contribution in [3.05, 3.63) is 56.3 Å². The zero-order chi connectivity index (χ0) is 24.9. The molecule has 13 heteroatoms. The summed E-state index contributed by atoms with van der Waals surface area (Å²) in [6, 6.07) is 9.04. The lowest BCUT2D eigenvalue weighted by molar-refractivity contribution is -0.143. The van der Waals surface area contributed by atoms with Crippen LogP contribution in [0.1, 0.15) is 12.5 Å². The number of rotatable bonds is 14. The van der Waals surface area contributed by atoms with Crippen LogP contribution in [0.25, 0.3) is 0 Å². The van der Waals surface area contributed by atoms with Gasteiger partial charge < -0.3 is 30.8 Å². The van der Waals surface area contributed by atoms with Gasteiger partial charge in [-0.25, -0.2) is 5.43 Å². The van der Waals surface area contributed by atoms with E-state index in [9.17, 15) is 28.8 Å². The molecule has 0 bridgehead atoms. The van der Waals surface area contributed by atoms with Gasteiger partial charge in [-0.3, -0.25) is 28.8 Å². The van der Waals surface area contributed by atoms with Crippen molar-refractivity contribution in [2.75, 3.05) is 38.2 Å². The molecule has 0 fully saturated rings. The molecule has 0 spiro atoms. The van der Waals surface area contributed by atoms with Crippen molar-refractivity contribution in [1.29, 1.82) is 0 Å². The van der Waals surface area contributed by atoms with Crippen LogP contribution < -0.4 is 42.4 Å². The first-order valence-electron chi connectivity index (χ1n) is 10.3. The number of hydrogen-bond acceptors (Lipinski definition) is 10. The molecule has 2 aromatic carbocycles. The molecular weight excluding hydrogens is 450 g/mol. The number of nitrogens with one attached hydrogen (secondary N) is 5. The van der Waals surface area contributed by atoms with Crippen LogP contribution in [0.5, 0.6) is 5.75 Å². The largest absolute Gasteiger partial charge is 0.482 e. The first-order valence-corrected chi connectivity index (χ1v) is 10.3. The van der Waals surface area contributed by atoms with Gasteiger partial charge in [0.05, 0.1) is 26.2 Å². The number of amides is 3. The van der Waals surface area contributed by atoms with Crippen LogP contribution in [0.4, 0.5) is 5.69 Å². The molecule has 0 aliphatic rings. The smallest absolute Gasteiger partial charge is 0.325 e. The van der Waals surface area contributed by atoms with Crippen molar-refractivity contribution >= 4 is 29.4 Å². The molecule has 182 valence electrons. The van der Waals surface area contributed by atoms with E-state index in [1.54, 1.807) is 31.2 Å². The van der Waals surface area contributed by atoms with Crippen molar-refractivity contribution in [2.24, 2.45) is 0 Å². The molecule has 0 aromatic heterocycles. The van der Waals surface area contributed by atoms with Gasteiger partial charge in [0.15, 0.2) is 5.75 Å². The van der Waals surface area contributed by atoms with E-state index >= 15 is 0 Å². The molecule has 13 nitrogen and oxygen atoms in total. The minimum Gasteiger partial charge on any atom is -0.482 e. The lowest BCUT2D eigenvalue weighted by atomic mass is 10.2. The molecule has 2 aromatic rings. The van der Waals surface area contributed by atoms with Gasteiger partial charge >= 0.3 is 5.97 Å². The summed E-state index contributed by atoms with van der Waals surface area (Å²) < 4.78 is 10.0. The van der Waals surface area contributed by atoms with Crippen LogP contribution in [0.3, 0.4) is 0 Å². The van der Waals surface area contributed by atoms with Crippen molar-refractivity contribution in [2.45, 2.75) is 13.5 Å². The number of carbonyl (C=O) groups excluding carboxylic acids is 4. The second-order valence-electron chi connectivity index (χ2n) is 6.75. The van der Waals surface area contributed by atoms with Gasteiger partial charge in [-0.15, -0.1) is 0 Å². The van der Waals surface area contributed by atoms with Crippen molar-refractivity contribution in [3.63, 3.8) is 0 Å². The van der Waals surface area contributed by atoms with E-state index in [1.807, 2.05) is 6.07 Å². The molecule has 3 amide bonds. The normalized spacial score (nSPS) is 10.3. The Balaban J connectivity index is 1.64. The maximum Gasteiger partial charge on any atom is 0.325 e. The Labute approximate surface area is 193 Å². The van der Waals surface area contributed by atoms with E-state index in [1.165, 1.54) is 0 Å². The SMILES string of the molecule is CCOC(=O)CNC(=O)CNC(=O)CNC(=O)CNNc1c(OCc2ccccc2)c(=O)c1=O. The molecule has 34 heavy (non-hydrogen) atoms. The average molecular weight is 475 g/mol. The van der Waals surface area contributed by atoms with E-state index < -0.39 is 41.1 Å². The number of hydrazine groups is 1. The maximum absolute atomic E-state index is 11.8. The summed E-state index contributed by atoms with van der Waals surface area (Å²) in [6.07, 6.45) is 0. The van der Waals surface area contributed by atoms with Gasteiger partial charge in [0.25, 0.3) is 10.9 Å². The molecule has 0 unspecified atom stereocenters. The first kappa shape index (κ1) is 26.0. The van der Waals surface area contributed by atoms with Crippen LogP contribution in [-0.4, -0.2) is 56.5 Å². The van der Waals surface area contributed by atoms with Gasteiger partial charge in [-0.1, -0.05) is 30.3 Å². The van der Waals surface area contributed by atoms with E-state index in [0.717, 1.165) is 5.56 Å². The van der Waals surface area contributed by atoms with Gasteiger partial charge in [0.1, 0.15) is 18.8 Å². The molecule has 0 saturated carbocycles. The second kappa shape index (κ2) is 13.3. The Morgan fingerprint density at radius 1 is 0.794 bits per heavy atom. The molecule has 5 N–H and O–H groups in total. The van der Waals surface area contributed by atoms with Gasteiger partial charge in [-0.05, 0) is 12.5 Å². The maximum atomic E-state index is 11.8. The molecule has 0 aliphatic heterocycles. The van der Waals surface area contributed by atoms with E-state index in [-0.39, 0.29) is 44.3 Å². The van der Waals surface area contributed by atoms with E-state index in [2.05, 4.69) is 31.5 Å². The van der Waals surface area contributed by atoms with Crippen molar-refractivity contribution < 1.29 is 28.7 Å². The highest BCUT2D eigenvalue weighted by molar-refractivity contribution is 5.89. The summed E-state index contributed by atoms with van der Waals surface area (Å²) in [5, 5.41) is 6.84. The highest BCUT2D eigenvalue weighted by Crippen LogP contribution is 2.17. The highest BCUT2D eigenvalue weighted by Gasteiger charge is 2.22. The van der Waals surface area contributed by atoms with Crippen LogP contribution >= 0.6 is 0 Å². The van der Waals surface area contributed by atoms with Crippen LogP contribution in [0.15, 0.2) is 39.9 Å². The van der Waals surface area contributed by atoms with Crippen LogP contribution in [0.2, 0.25) is 0 Å². The summed E-state index contributed by atoms with van der Waals surface area (Å²) in [5.41, 5.74) is 4.08. The molecule has 0 heterocycles. The van der Waals surface area contributed by atoms with Crippen molar-refractivity contribution in [1.82, 2.24) is 21.4 Å². The Hall–Kier alpha value is -4.26. The second-order valence-corrected chi connectivity index (χ2v) is 6.75. The monoisotopic (exact) mass is 475 g/mol. The number of ether oxygens (including phenoxy) is 2. The minimum absolute atomic E-state index is 0.0941. The van der Waals surface area contributed by atoms with Crippen LogP contribution in [-0.2, 0) is 30.5 Å². The molecule has 0 saturated heterocycles. The fourth-order valence-electron chi connectivity index (χ4n) is 2.49. The molecule has 0 atom stereocenters. The number of hydrogen-bond donors (Lipinski definition) is 5. The first-order chi connectivity index (χ1) is 16.3. The van der Waals surface area contributed by atoms with Gasteiger partial charge in [0.2, 0.25) is 17.7 Å². The number of benzene rings is 1. The van der Waals surface area contributed by atoms with Gasteiger partial charge in [0, 0.05) is 0 Å². The Kier molecular flexibility index (Phi) is 10.2. The number of carbonyl (C=O) groups is 4. The summed E-state index contributed by atoms with van der Waals surface area (Å²) in [6.45, 7) is 0.470. The fraction of sp³-hybridized carbons (Fsp3) is 0.333.